The van der Waals surface area contributed by atoms with Crippen LogP contribution in [0, 0.1) is 0 Å². The second-order valence-electron chi connectivity index (χ2n) is 5.72. The van der Waals surface area contributed by atoms with Crippen LogP contribution in [0.15, 0.2) is 66.9 Å². The summed E-state index contributed by atoms with van der Waals surface area (Å²) in [5.41, 5.74) is 11.4. The summed E-state index contributed by atoms with van der Waals surface area (Å²) < 4.78 is 0. The third-order valence-corrected chi connectivity index (χ3v) is 4.12. The molecule has 0 spiro atoms. The van der Waals surface area contributed by atoms with Crippen molar-refractivity contribution in [3.63, 3.8) is 0 Å². The predicted octanol–water partition coefficient (Wildman–Crippen LogP) is 3.98. The number of hydrogen-bond acceptors (Lipinski definition) is 5. The molecular formula is C20H17N5. The molecule has 4 aromatic rings. The number of nitrogens with one attached hydrogen (secondary N) is 1. The Kier molecular flexibility index (Phi) is 3.74. The molecule has 5 nitrogen and oxygen atoms in total. The summed E-state index contributed by atoms with van der Waals surface area (Å²) in [6.45, 7) is 0. The van der Waals surface area contributed by atoms with Crippen molar-refractivity contribution >= 4 is 22.7 Å². The van der Waals surface area contributed by atoms with Crippen molar-refractivity contribution in [2.24, 2.45) is 0 Å². The minimum absolute atomic E-state index is 0.226. The number of fused-ring (bicyclic) bond motifs is 1. The summed E-state index contributed by atoms with van der Waals surface area (Å²) in [7, 11) is 1.90. The van der Waals surface area contributed by atoms with Gasteiger partial charge >= 0.3 is 0 Å². The van der Waals surface area contributed by atoms with E-state index in [1.807, 2.05) is 37.4 Å². The molecule has 0 atom stereocenters. The van der Waals surface area contributed by atoms with Gasteiger partial charge in [0, 0.05) is 35.4 Å². The smallest absolute Gasteiger partial charge is 0.222 e. The van der Waals surface area contributed by atoms with Crippen LogP contribution >= 0.6 is 0 Å². The molecule has 25 heavy (non-hydrogen) atoms. The number of nitrogens with zero attached hydrogens (tertiary/aromatic N) is 3. The summed E-state index contributed by atoms with van der Waals surface area (Å²) in [6.07, 6.45) is 1.71. The highest BCUT2D eigenvalue weighted by atomic mass is 15.0. The van der Waals surface area contributed by atoms with Crippen molar-refractivity contribution < 1.29 is 0 Å². The van der Waals surface area contributed by atoms with Gasteiger partial charge in [-0.2, -0.15) is 4.98 Å². The van der Waals surface area contributed by atoms with Crippen LogP contribution in [0.5, 0.6) is 0 Å². The third kappa shape index (κ3) is 2.87. The normalized spacial score (nSPS) is 10.8. The van der Waals surface area contributed by atoms with Gasteiger partial charge in [-0.25, -0.2) is 9.97 Å². The van der Waals surface area contributed by atoms with E-state index < -0.39 is 0 Å². The van der Waals surface area contributed by atoms with Crippen LogP contribution in [-0.4, -0.2) is 22.0 Å². The van der Waals surface area contributed by atoms with Crippen molar-refractivity contribution in [3.8, 4) is 22.4 Å². The molecule has 0 aliphatic carbocycles. The quantitative estimate of drug-likeness (QED) is 0.595. The van der Waals surface area contributed by atoms with Crippen molar-refractivity contribution in [2.45, 2.75) is 0 Å². The highest BCUT2D eigenvalue weighted by Crippen LogP contribution is 2.33. The molecule has 0 unspecified atom stereocenters. The minimum Gasteiger partial charge on any atom is -0.388 e. The van der Waals surface area contributed by atoms with E-state index in [-0.39, 0.29) is 5.95 Å². The van der Waals surface area contributed by atoms with E-state index in [1.54, 1.807) is 6.20 Å². The van der Waals surface area contributed by atoms with Crippen molar-refractivity contribution in [3.05, 3.63) is 66.9 Å². The van der Waals surface area contributed by atoms with Gasteiger partial charge in [-0.15, -0.1) is 0 Å². The minimum atomic E-state index is 0.226. The number of benzene rings is 2. The van der Waals surface area contributed by atoms with Crippen molar-refractivity contribution in [1.82, 2.24) is 15.0 Å². The number of rotatable bonds is 3. The maximum Gasteiger partial charge on any atom is 0.222 e. The molecule has 0 bridgehead atoms. The molecule has 2 heterocycles. The largest absolute Gasteiger partial charge is 0.388 e. The lowest BCUT2D eigenvalue weighted by atomic mass is 9.98. The topological polar surface area (TPSA) is 76.7 Å². The molecule has 0 aliphatic rings. The monoisotopic (exact) mass is 327 g/mol. The Bertz CT molecular complexity index is 1030. The molecule has 0 saturated heterocycles. The molecule has 4 rings (SSSR count). The Morgan fingerprint density at radius 1 is 0.880 bits per heavy atom. The van der Waals surface area contributed by atoms with Gasteiger partial charge in [0.15, 0.2) is 5.65 Å². The van der Waals surface area contributed by atoms with Gasteiger partial charge in [-0.3, -0.25) is 0 Å². The number of hydrogen-bond donors (Lipinski definition) is 2. The van der Waals surface area contributed by atoms with Gasteiger partial charge in [-0.1, -0.05) is 42.5 Å². The maximum absolute atomic E-state index is 5.73. The molecule has 0 fully saturated rings. The van der Waals surface area contributed by atoms with Crippen LogP contribution in [-0.2, 0) is 0 Å². The Hall–Kier alpha value is -3.47. The second-order valence-corrected chi connectivity index (χ2v) is 5.72. The molecule has 0 radical (unpaired) electrons. The fourth-order valence-electron chi connectivity index (χ4n) is 2.83. The van der Waals surface area contributed by atoms with E-state index in [4.69, 9.17) is 10.7 Å². The number of nitrogens with two attached hydrogens (primary N) is 1. The zero-order valence-corrected chi connectivity index (χ0v) is 13.8. The molecule has 122 valence electrons. The summed E-state index contributed by atoms with van der Waals surface area (Å²) in [5, 5.41) is 4.00. The van der Waals surface area contributed by atoms with Crippen LogP contribution in [0.3, 0.4) is 0 Å². The van der Waals surface area contributed by atoms with Crippen molar-refractivity contribution in [1.29, 1.82) is 0 Å². The summed E-state index contributed by atoms with van der Waals surface area (Å²) in [4.78, 5) is 13.1. The Morgan fingerprint density at radius 2 is 1.64 bits per heavy atom. The molecule has 0 amide bonds. The second kappa shape index (κ2) is 6.20. The van der Waals surface area contributed by atoms with Crippen LogP contribution in [0.4, 0.5) is 11.6 Å². The Morgan fingerprint density at radius 3 is 2.36 bits per heavy atom. The summed E-state index contributed by atoms with van der Waals surface area (Å²) in [5.74, 6) is 0.226. The highest BCUT2D eigenvalue weighted by Gasteiger charge is 2.12. The SMILES string of the molecule is CNc1ccc(-c2nc3nc(N)ncc3cc2-c2ccccc2)cc1. The first-order valence-corrected chi connectivity index (χ1v) is 8.01. The van der Waals surface area contributed by atoms with Gasteiger partial charge < -0.3 is 11.1 Å². The number of aromatic nitrogens is 3. The van der Waals surface area contributed by atoms with E-state index in [1.165, 1.54) is 0 Å². The Balaban J connectivity index is 1.98. The van der Waals surface area contributed by atoms with Gasteiger partial charge in [0.2, 0.25) is 5.95 Å². The van der Waals surface area contributed by atoms with Crippen LogP contribution in [0.2, 0.25) is 0 Å². The molecule has 2 aromatic carbocycles. The number of anilines is 2. The van der Waals surface area contributed by atoms with E-state index in [0.29, 0.717) is 5.65 Å². The molecule has 5 heteroatoms. The zero-order valence-electron chi connectivity index (χ0n) is 13.8. The van der Waals surface area contributed by atoms with Crippen LogP contribution in [0.25, 0.3) is 33.4 Å². The third-order valence-electron chi connectivity index (χ3n) is 4.12. The maximum atomic E-state index is 5.73. The Labute approximate surface area is 145 Å². The van der Waals surface area contributed by atoms with E-state index >= 15 is 0 Å². The fraction of sp³-hybridized carbons (Fsp3) is 0.0500. The van der Waals surface area contributed by atoms with Crippen LogP contribution in [0.1, 0.15) is 0 Å². The molecule has 0 aliphatic heterocycles. The molecule has 0 saturated carbocycles. The summed E-state index contributed by atoms with van der Waals surface area (Å²) in [6, 6.07) is 20.4. The van der Waals surface area contributed by atoms with Gasteiger partial charge in [0.25, 0.3) is 0 Å². The van der Waals surface area contributed by atoms with E-state index in [9.17, 15) is 0 Å². The average molecular weight is 327 g/mol. The number of pyridine rings is 1. The molecule has 3 N–H and O–H groups in total. The lowest BCUT2D eigenvalue weighted by Gasteiger charge is -2.12. The first-order valence-electron chi connectivity index (χ1n) is 8.01. The standard InChI is InChI=1S/C20H17N5/c1-22-16-9-7-14(8-10-16)18-17(13-5-3-2-4-6-13)11-15-12-23-20(21)25-19(15)24-18/h2-12,22H,1H3,(H2,21,23,24,25). The average Bonchev–Trinajstić information content (AvgIpc) is 2.67. The van der Waals surface area contributed by atoms with E-state index in [2.05, 4.69) is 45.6 Å². The molecule has 2 aromatic heterocycles. The van der Waals surface area contributed by atoms with Gasteiger partial charge in [0.1, 0.15) is 0 Å². The predicted molar refractivity (Wildman–Crippen MR) is 102 cm³/mol. The van der Waals surface area contributed by atoms with E-state index in [0.717, 1.165) is 33.5 Å². The zero-order chi connectivity index (χ0) is 17.2. The lowest BCUT2D eigenvalue weighted by molar-refractivity contribution is 1.20. The number of nitrogen functional groups attached to an aromatic ring is 1. The lowest BCUT2D eigenvalue weighted by Crippen LogP contribution is -1.98. The molecular weight excluding hydrogens is 310 g/mol. The fourth-order valence-corrected chi connectivity index (χ4v) is 2.83. The first kappa shape index (κ1) is 15.1. The van der Waals surface area contributed by atoms with Gasteiger partial charge in [-0.05, 0) is 23.8 Å². The highest BCUT2D eigenvalue weighted by molar-refractivity contribution is 5.90. The first-order chi connectivity index (χ1) is 12.2. The van der Waals surface area contributed by atoms with Crippen molar-refractivity contribution in [2.75, 3.05) is 18.1 Å². The summed E-state index contributed by atoms with van der Waals surface area (Å²) >= 11 is 0. The van der Waals surface area contributed by atoms with Gasteiger partial charge in [0.05, 0.1) is 5.69 Å². The van der Waals surface area contributed by atoms with Crippen LogP contribution < -0.4 is 11.1 Å².